The van der Waals surface area contributed by atoms with Gasteiger partial charge >= 0.3 is 0 Å². The van der Waals surface area contributed by atoms with Crippen molar-refractivity contribution in [1.82, 2.24) is 0 Å². The molecule has 2 rings (SSSR count). The molecule has 4 heteroatoms. The maximum absolute atomic E-state index is 5.63. The van der Waals surface area contributed by atoms with E-state index in [4.69, 9.17) is 9.15 Å². The minimum atomic E-state index is 0.0593. The van der Waals surface area contributed by atoms with Gasteiger partial charge in [-0.15, -0.1) is 0 Å². The van der Waals surface area contributed by atoms with E-state index in [1.54, 1.807) is 6.26 Å². The molecule has 0 amide bonds. The third kappa shape index (κ3) is 3.18. The Kier molecular flexibility index (Phi) is 4.89. The highest BCUT2D eigenvalue weighted by molar-refractivity contribution is 9.10. The van der Waals surface area contributed by atoms with Crippen molar-refractivity contribution in [3.8, 4) is 5.75 Å². The van der Waals surface area contributed by atoms with Crippen molar-refractivity contribution in [2.75, 3.05) is 6.61 Å². The van der Waals surface area contributed by atoms with Gasteiger partial charge in [0.2, 0.25) is 0 Å². The van der Waals surface area contributed by atoms with Crippen LogP contribution < -0.4 is 4.74 Å². The average molecular weight is 374 g/mol. The third-order valence-electron chi connectivity index (χ3n) is 2.50. The highest BCUT2D eigenvalue weighted by Gasteiger charge is 2.14. The van der Waals surface area contributed by atoms with Gasteiger partial charge in [0.15, 0.2) is 0 Å². The summed E-state index contributed by atoms with van der Waals surface area (Å²) in [7, 11) is 0. The van der Waals surface area contributed by atoms with Crippen LogP contribution in [0.2, 0.25) is 0 Å². The molecule has 0 N–H and O–H groups in total. The summed E-state index contributed by atoms with van der Waals surface area (Å²) in [6, 6.07) is 9.91. The van der Waals surface area contributed by atoms with Crippen LogP contribution in [0.25, 0.3) is 0 Å². The Morgan fingerprint density at radius 2 is 2.17 bits per heavy atom. The first-order chi connectivity index (χ1) is 8.72. The summed E-state index contributed by atoms with van der Waals surface area (Å²) in [6.07, 6.45) is 2.68. The number of hydrogen-bond donors (Lipinski definition) is 0. The zero-order valence-corrected chi connectivity index (χ0v) is 13.2. The molecule has 1 heterocycles. The molecule has 0 spiro atoms. The molecule has 0 bridgehead atoms. The second kappa shape index (κ2) is 6.43. The maximum Gasteiger partial charge on any atom is 0.133 e. The monoisotopic (exact) mass is 372 g/mol. The van der Waals surface area contributed by atoms with Crippen LogP contribution >= 0.6 is 31.9 Å². The van der Waals surface area contributed by atoms with Gasteiger partial charge in [-0.2, -0.15) is 0 Å². The van der Waals surface area contributed by atoms with Crippen LogP contribution in [-0.2, 0) is 0 Å². The predicted molar refractivity (Wildman–Crippen MR) is 79.4 cm³/mol. The fraction of sp³-hybridized carbons (Fsp3) is 0.286. The van der Waals surface area contributed by atoms with Gasteiger partial charge in [-0.25, -0.2) is 0 Å². The molecular formula is C14H14Br2O2. The number of rotatable bonds is 5. The SMILES string of the molecule is CCCOc1ccc(C(Br)c2ccco2)cc1Br. The van der Waals surface area contributed by atoms with Crippen LogP contribution in [0.15, 0.2) is 45.5 Å². The van der Waals surface area contributed by atoms with Gasteiger partial charge in [0.25, 0.3) is 0 Å². The number of ether oxygens (including phenoxy) is 1. The van der Waals surface area contributed by atoms with Gasteiger partial charge in [-0.05, 0) is 52.2 Å². The molecule has 1 unspecified atom stereocenters. The second-order valence-electron chi connectivity index (χ2n) is 3.92. The Hall–Kier alpha value is -0.740. The molecular weight excluding hydrogens is 360 g/mol. The number of furan rings is 1. The van der Waals surface area contributed by atoms with E-state index in [2.05, 4.69) is 38.8 Å². The summed E-state index contributed by atoms with van der Waals surface area (Å²) < 4.78 is 12.0. The van der Waals surface area contributed by atoms with Crippen molar-refractivity contribution >= 4 is 31.9 Å². The normalized spacial score (nSPS) is 12.4. The number of benzene rings is 1. The number of hydrogen-bond acceptors (Lipinski definition) is 2. The molecule has 0 saturated carbocycles. The molecule has 1 aromatic heterocycles. The van der Waals surface area contributed by atoms with Crippen molar-refractivity contribution < 1.29 is 9.15 Å². The van der Waals surface area contributed by atoms with Gasteiger partial charge in [0, 0.05) is 0 Å². The highest BCUT2D eigenvalue weighted by atomic mass is 79.9. The van der Waals surface area contributed by atoms with Crippen LogP contribution in [-0.4, -0.2) is 6.61 Å². The predicted octanol–water partition coefficient (Wildman–Crippen LogP) is 5.32. The lowest BCUT2D eigenvalue weighted by Gasteiger charge is -2.11. The number of alkyl halides is 1. The van der Waals surface area contributed by atoms with E-state index in [9.17, 15) is 0 Å². The molecule has 0 saturated heterocycles. The first kappa shape index (κ1) is 13.7. The Morgan fingerprint density at radius 1 is 1.33 bits per heavy atom. The Balaban J connectivity index is 2.18. The smallest absolute Gasteiger partial charge is 0.133 e. The zero-order chi connectivity index (χ0) is 13.0. The van der Waals surface area contributed by atoms with Crippen LogP contribution in [0.3, 0.4) is 0 Å². The average Bonchev–Trinajstić information content (AvgIpc) is 2.90. The maximum atomic E-state index is 5.63. The lowest BCUT2D eigenvalue weighted by molar-refractivity contribution is 0.315. The van der Waals surface area contributed by atoms with Crippen LogP contribution in [0.1, 0.15) is 29.5 Å². The zero-order valence-electron chi connectivity index (χ0n) is 10.0. The van der Waals surface area contributed by atoms with Crippen molar-refractivity contribution in [3.63, 3.8) is 0 Å². The largest absolute Gasteiger partial charge is 0.492 e. The molecule has 96 valence electrons. The van der Waals surface area contributed by atoms with Gasteiger partial charge in [-0.1, -0.05) is 28.9 Å². The summed E-state index contributed by atoms with van der Waals surface area (Å²) in [5.41, 5.74) is 1.13. The summed E-state index contributed by atoms with van der Waals surface area (Å²) in [6.45, 7) is 2.82. The molecule has 1 atom stereocenters. The van der Waals surface area contributed by atoms with E-state index in [0.29, 0.717) is 0 Å². The van der Waals surface area contributed by atoms with E-state index in [1.165, 1.54) is 0 Å². The molecule has 18 heavy (non-hydrogen) atoms. The molecule has 0 aliphatic heterocycles. The fourth-order valence-electron chi connectivity index (χ4n) is 1.60. The molecule has 1 aromatic carbocycles. The summed E-state index contributed by atoms with van der Waals surface area (Å²) in [5, 5.41) is 0. The molecule has 0 radical (unpaired) electrons. The molecule has 0 aliphatic carbocycles. The van der Waals surface area contributed by atoms with Gasteiger partial charge in [0.1, 0.15) is 11.5 Å². The topological polar surface area (TPSA) is 22.4 Å². The van der Waals surface area contributed by atoms with E-state index in [0.717, 1.165) is 34.6 Å². The summed E-state index contributed by atoms with van der Waals surface area (Å²) >= 11 is 7.16. The first-order valence-corrected chi connectivity index (χ1v) is 7.53. The molecule has 0 fully saturated rings. The molecule has 2 nitrogen and oxygen atoms in total. The third-order valence-corrected chi connectivity index (χ3v) is 4.10. The van der Waals surface area contributed by atoms with E-state index in [-0.39, 0.29) is 4.83 Å². The molecule has 0 aliphatic rings. The lowest BCUT2D eigenvalue weighted by atomic mass is 10.1. The quantitative estimate of drug-likeness (QED) is 0.662. The lowest BCUT2D eigenvalue weighted by Crippen LogP contribution is -1.97. The fourth-order valence-corrected chi connectivity index (χ4v) is 2.66. The Morgan fingerprint density at radius 3 is 2.78 bits per heavy atom. The highest BCUT2D eigenvalue weighted by Crippen LogP contribution is 2.35. The van der Waals surface area contributed by atoms with Crippen LogP contribution in [0.4, 0.5) is 0 Å². The van der Waals surface area contributed by atoms with Crippen molar-refractivity contribution in [1.29, 1.82) is 0 Å². The van der Waals surface area contributed by atoms with Gasteiger partial charge in [-0.3, -0.25) is 0 Å². The van der Waals surface area contributed by atoms with Crippen LogP contribution in [0.5, 0.6) is 5.75 Å². The van der Waals surface area contributed by atoms with E-state index < -0.39 is 0 Å². The first-order valence-electron chi connectivity index (χ1n) is 5.82. The standard InChI is InChI=1S/C14H14Br2O2/c1-2-7-17-12-6-5-10(9-11(12)15)14(16)13-4-3-8-18-13/h3-6,8-9,14H,2,7H2,1H3. The van der Waals surface area contributed by atoms with E-state index in [1.807, 2.05) is 30.3 Å². The second-order valence-corrected chi connectivity index (χ2v) is 5.69. The van der Waals surface area contributed by atoms with Gasteiger partial charge in [0.05, 0.1) is 22.2 Å². The summed E-state index contributed by atoms with van der Waals surface area (Å²) in [5.74, 6) is 1.77. The van der Waals surface area contributed by atoms with Gasteiger partial charge < -0.3 is 9.15 Å². The number of halogens is 2. The minimum Gasteiger partial charge on any atom is -0.492 e. The van der Waals surface area contributed by atoms with Crippen molar-refractivity contribution in [2.45, 2.75) is 18.2 Å². The van der Waals surface area contributed by atoms with Crippen LogP contribution in [0, 0.1) is 0 Å². The van der Waals surface area contributed by atoms with Crippen molar-refractivity contribution in [2.24, 2.45) is 0 Å². The molecule has 2 aromatic rings. The van der Waals surface area contributed by atoms with Crippen molar-refractivity contribution in [3.05, 3.63) is 52.4 Å². The summed E-state index contributed by atoms with van der Waals surface area (Å²) in [4.78, 5) is 0.0593. The Labute approximate surface area is 124 Å². The minimum absolute atomic E-state index is 0.0593. The van der Waals surface area contributed by atoms with E-state index >= 15 is 0 Å². The Bertz CT molecular complexity index is 495.